The molecule has 0 saturated carbocycles. The summed E-state index contributed by atoms with van der Waals surface area (Å²) in [5, 5.41) is 0. The highest BCUT2D eigenvalue weighted by Crippen LogP contribution is 2.18. The third kappa shape index (κ3) is 47.9. The minimum Gasteiger partial charge on any atom is -0.462 e. The van der Waals surface area contributed by atoms with Crippen LogP contribution in [0.25, 0.3) is 0 Å². The summed E-state index contributed by atoms with van der Waals surface area (Å²) >= 11 is 0. The predicted octanol–water partition coefficient (Wildman–Crippen LogP) is 17.9. The lowest BCUT2D eigenvalue weighted by molar-refractivity contribution is -0.167. The summed E-state index contributed by atoms with van der Waals surface area (Å²) in [5.74, 6) is 1.67. The molecule has 0 aromatic carbocycles. The van der Waals surface area contributed by atoms with Gasteiger partial charge < -0.3 is 14.2 Å². The molecule has 0 aromatic heterocycles. The molecule has 0 aliphatic rings. The Balaban J connectivity index is 4.29. The lowest BCUT2D eigenvalue weighted by atomic mass is 9.99. The zero-order valence-electron chi connectivity index (χ0n) is 42.7. The molecule has 0 saturated heterocycles. The summed E-state index contributed by atoms with van der Waals surface area (Å²) < 4.78 is 16.8. The zero-order chi connectivity index (χ0) is 45.6. The van der Waals surface area contributed by atoms with E-state index in [4.69, 9.17) is 14.2 Å². The molecule has 368 valence electrons. The van der Waals surface area contributed by atoms with Crippen LogP contribution in [0.5, 0.6) is 0 Å². The average Bonchev–Trinajstić information content (AvgIpc) is 3.24. The third-order valence-corrected chi connectivity index (χ3v) is 13.0. The molecule has 0 aliphatic carbocycles. The molecule has 0 radical (unpaired) electrons. The second-order valence-corrected chi connectivity index (χ2v) is 20.4. The fourth-order valence-corrected chi connectivity index (χ4v) is 8.44. The van der Waals surface area contributed by atoms with Crippen LogP contribution in [-0.2, 0) is 28.6 Å². The first kappa shape index (κ1) is 60.4. The van der Waals surface area contributed by atoms with E-state index in [1.165, 1.54) is 186 Å². The van der Waals surface area contributed by atoms with E-state index in [-0.39, 0.29) is 31.1 Å². The quantitative estimate of drug-likeness (QED) is 0.0344. The molecule has 1 unspecified atom stereocenters. The van der Waals surface area contributed by atoms with Crippen LogP contribution < -0.4 is 0 Å². The van der Waals surface area contributed by atoms with Crippen molar-refractivity contribution in [2.24, 2.45) is 17.8 Å². The number of carbonyl (C=O) groups is 3. The van der Waals surface area contributed by atoms with E-state index >= 15 is 0 Å². The molecule has 2 atom stereocenters. The van der Waals surface area contributed by atoms with Gasteiger partial charge in [0, 0.05) is 19.3 Å². The van der Waals surface area contributed by atoms with Crippen LogP contribution in [0.1, 0.15) is 305 Å². The van der Waals surface area contributed by atoms with Crippen LogP contribution in [0.3, 0.4) is 0 Å². The second-order valence-electron chi connectivity index (χ2n) is 20.4. The van der Waals surface area contributed by atoms with Gasteiger partial charge in [-0.2, -0.15) is 0 Å². The van der Waals surface area contributed by atoms with Crippen molar-refractivity contribution in [1.82, 2.24) is 0 Å². The normalized spacial score (nSPS) is 12.6. The number of hydrogen-bond donors (Lipinski definition) is 0. The van der Waals surface area contributed by atoms with Gasteiger partial charge in [-0.3, -0.25) is 14.4 Å². The van der Waals surface area contributed by atoms with Crippen molar-refractivity contribution in [2.75, 3.05) is 13.2 Å². The van der Waals surface area contributed by atoms with Crippen LogP contribution in [0.15, 0.2) is 0 Å². The Hall–Kier alpha value is -1.59. The maximum atomic E-state index is 12.8. The van der Waals surface area contributed by atoms with Crippen LogP contribution >= 0.6 is 0 Å². The van der Waals surface area contributed by atoms with Crippen LogP contribution in [0.2, 0.25) is 0 Å². The van der Waals surface area contributed by atoms with Gasteiger partial charge in [0.05, 0.1) is 0 Å². The fourth-order valence-electron chi connectivity index (χ4n) is 8.44. The highest BCUT2D eigenvalue weighted by molar-refractivity contribution is 5.71. The van der Waals surface area contributed by atoms with E-state index < -0.39 is 6.10 Å². The first-order valence-electron chi connectivity index (χ1n) is 27.6. The monoisotopic (exact) mass is 877 g/mol. The van der Waals surface area contributed by atoms with E-state index in [2.05, 4.69) is 41.5 Å². The van der Waals surface area contributed by atoms with Crippen molar-refractivity contribution >= 4 is 17.9 Å². The molecule has 6 nitrogen and oxygen atoms in total. The Bertz CT molecular complexity index is 962. The van der Waals surface area contributed by atoms with E-state index in [1.807, 2.05) is 0 Å². The lowest BCUT2D eigenvalue weighted by Gasteiger charge is -2.18. The number of carbonyl (C=O) groups excluding carboxylic acids is 3. The Kier molecular flexibility index (Phi) is 46.2. The van der Waals surface area contributed by atoms with Gasteiger partial charge in [-0.05, 0) is 37.0 Å². The molecule has 0 aliphatic heterocycles. The molecule has 6 heteroatoms. The SMILES string of the molecule is CCC(C)CCCCCCCCCCC(=O)OC[C@@H](COC(=O)CCCCCCCCCCCCC(C)C)OC(=O)CCCCCCCCCCCCCCCCCCC(C)C. The topological polar surface area (TPSA) is 78.9 Å². The van der Waals surface area contributed by atoms with Gasteiger partial charge in [0.1, 0.15) is 13.2 Å². The van der Waals surface area contributed by atoms with Gasteiger partial charge in [-0.25, -0.2) is 0 Å². The number of rotatable bonds is 49. The van der Waals surface area contributed by atoms with E-state index in [0.717, 1.165) is 75.5 Å². The fraction of sp³-hybridized carbons (Fsp3) is 0.946. The summed E-state index contributed by atoms with van der Waals surface area (Å²) in [6.45, 7) is 13.7. The van der Waals surface area contributed by atoms with Gasteiger partial charge in [0.2, 0.25) is 0 Å². The van der Waals surface area contributed by atoms with Crippen molar-refractivity contribution < 1.29 is 28.6 Å². The Labute approximate surface area is 387 Å². The van der Waals surface area contributed by atoms with Crippen molar-refractivity contribution in [2.45, 2.75) is 311 Å². The van der Waals surface area contributed by atoms with Crippen molar-refractivity contribution in [3.8, 4) is 0 Å². The third-order valence-electron chi connectivity index (χ3n) is 13.0. The maximum Gasteiger partial charge on any atom is 0.306 e. The lowest BCUT2D eigenvalue weighted by Crippen LogP contribution is -2.30. The molecular formula is C56H108O6. The standard InChI is InChI=1S/C56H108O6/c1-7-52(6)44-38-32-26-22-23-28-34-40-46-55(58)61-49-53(48-60-54(57)45-39-33-27-20-17-16-19-25-31-37-43-51(4)5)62-56(59)47-41-35-29-21-15-13-11-9-8-10-12-14-18-24-30-36-42-50(2)3/h50-53H,7-49H2,1-6H3/t52?,53-/m1/s1. The summed E-state index contributed by atoms with van der Waals surface area (Å²) in [6.07, 6.45) is 48.0. The number of ether oxygens (including phenoxy) is 3. The van der Waals surface area contributed by atoms with Gasteiger partial charge >= 0.3 is 17.9 Å². The molecule has 0 N–H and O–H groups in total. The molecular weight excluding hydrogens is 769 g/mol. The molecule has 0 aromatic rings. The number of esters is 3. The Morgan fingerprint density at radius 1 is 0.323 bits per heavy atom. The average molecular weight is 877 g/mol. The number of hydrogen-bond acceptors (Lipinski definition) is 6. The summed E-state index contributed by atoms with van der Waals surface area (Å²) in [6, 6.07) is 0. The highest BCUT2D eigenvalue weighted by atomic mass is 16.6. The molecule has 0 spiro atoms. The van der Waals surface area contributed by atoms with Crippen LogP contribution in [0.4, 0.5) is 0 Å². The Morgan fingerprint density at radius 2 is 0.565 bits per heavy atom. The van der Waals surface area contributed by atoms with Gasteiger partial charge in [0.15, 0.2) is 6.10 Å². The molecule has 0 fully saturated rings. The zero-order valence-corrected chi connectivity index (χ0v) is 42.7. The number of unbranched alkanes of at least 4 members (excludes halogenated alkanes) is 31. The van der Waals surface area contributed by atoms with Crippen molar-refractivity contribution in [3.63, 3.8) is 0 Å². The van der Waals surface area contributed by atoms with Gasteiger partial charge in [-0.1, -0.05) is 266 Å². The smallest absolute Gasteiger partial charge is 0.306 e. The molecule has 0 bridgehead atoms. The Morgan fingerprint density at radius 3 is 0.839 bits per heavy atom. The summed E-state index contributed by atoms with van der Waals surface area (Å²) in [7, 11) is 0. The first-order chi connectivity index (χ1) is 30.1. The summed E-state index contributed by atoms with van der Waals surface area (Å²) in [4.78, 5) is 38.0. The molecule has 0 heterocycles. The summed E-state index contributed by atoms with van der Waals surface area (Å²) in [5.41, 5.74) is 0. The van der Waals surface area contributed by atoms with Crippen molar-refractivity contribution in [3.05, 3.63) is 0 Å². The van der Waals surface area contributed by atoms with Gasteiger partial charge in [-0.15, -0.1) is 0 Å². The highest BCUT2D eigenvalue weighted by Gasteiger charge is 2.19. The minimum absolute atomic E-state index is 0.0645. The second kappa shape index (κ2) is 47.4. The minimum atomic E-state index is -0.763. The first-order valence-corrected chi connectivity index (χ1v) is 27.6. The molecule has 0 rings (SSSR count). The maximum absolute atomic E-state index is 12.8. The van der Waals surface area contributed by atoms with Crippen molar-refractivity contribution in [1.29, 1.82) is 0 Å². The van der Waals surface area contributed by atoms with E-state index in [9.17, 15) is 14.4 Å². The van der Waals surface area contributed by atoms with Crippen LogP contribution in [-0.4, -0.2) is 37.2 Å². The largest absolute Gasteiger partial charge is 0.462 e. The van der Waals surface area contributed by atoms with Crippen LogP contribution in [0, 0.1) is 17.8 Å². The van der Waals surface area contributed by atoms with E-state index in [1.54, 1.807) is 0 Å². The predicted molar refractivity (Wildman–Crippen MR) is 266 cm³/mol. The molecule has 0 amide bonds. The molecule has 62 heavy (non-hydrogen) atoms. The van der Waals surface area contributed by atoms with Gasteiger partial charge in [0.25, 0.3) is 0 Å². The van der Waals surface area contributed by atoms with E-state index in [0.29, 0.717) is 19.3 Å².